The highest BCUT2D eigenvalue weighted by Crippen LogP contribution is 2.20. The van der Waals surface area contributed by atoms with Gasteiger partial charge in [-0.05, 0) is 6.08 Å². The molecule has 1 aromatic rings. The minimum atomic E-state index is -0.336. The number of carbonyl (C=O) groups is 1. The monoisotopic (exact) mass is 188 g/mol. The maximum Gasteiger partial charge on any atom is 0.203 e. The van der Waals surface area contributed by atoms with Crippen LogP contribution < -0.4 is 0 Å². The summed E-state index contributed by atoms with van der Waals surface area (Å²) >= 11 is 0. The number of hydrogen-bond donors (Lipinski definition) is 0. The Bertz CT molecular complexity index is 354. The first kappa shape index (κ1) is 9.00. The third-order valence-electron chi connectivity index (χ3n) is 2.40. The summed E-state index contributed by atoms with van der Waals surface area (Å²) in [5.74, 6) is 0.228. The van der Waals surface area contributed by atoms with E-state index < -0.39 is 0 Å². The molecule has 72 valence electrons. The lowest BCUT2D eigenvalue weighted by Crippen LogP contribution is -2.25. The van der Waals surface area contributed by atoms with Crippen molar-refractivity contribution in [3.8, 4) is 0 Å². The summed E-state index contributed by atoms with van der Waals surface area (Å²) in [6.45, 7) is 1.98. The lowest BCUT2D eigenvalue weighted by Gasteiger charge is -2.13. The second-order valence-electron chi connectivity index (χ2n) is 3.47. The summed E-state index contributed by atoms with van der Waals surface area (Å²) in [7, 11) is 0. The van der Waals surface area contributed by atoms with Crippen molar-refractivity contribution in [2.45, 2.75) is 13.0 Å². The quantitative estimate of drug-likeness (QED) is 0.666. The molecule has 0 amide bonds. The smallest absolute Gasteiger partial charge is 0.203 e. The number of ketones is 1. The van der Waals surface area contributed by atoms with Gasteiger partial charge in [-0.3, -0.25) is 4.79 Å². The zero-order valence-electron chi connectivity index (χ0n) is 8.01. The van der Waals surface area contributed by atoms with E-state index in [-0.39, 0.29) is 17.8 Å². The molecule has 2 atom stereocenters. The Labute approximate surface area is 83.2 Å². The fourth-order valence-electron chi connectivity index (χ4n) is 1.55. The van der Waals surface area contributed by atoms with E-state index >= 15 is 0 Å². The normalized spacial score (nSPS) is 24.6. The maximum absolute atomic E-state index is 11.9. The van der Waals surface area contributed by atoms with Crippen LogP contribution in [0.15, 0.2) is 42.7 Å². The summed E-state index contributed by atoms with van der Waals surface area (Å²) in [5.41, 5.74) is 0.716. The van der Waals surface area contributed by atoms with Crippen LogP contribution in [-0.4, -0.2) is 11.9 Å². The zero-order chi connectivity index (χ0) is 9.97. The van der Waals surface area contributed by atoms with Crippen LogP contribution in [-0.2, 0) is 4.74 Å². The van der Waals surface area contributed by atoms with Gasteiger partial charge in [0, 0.05) is 11.5 Å². The van der Waals surface area contributed by atoms with Crippen LogP contribution >= 0.6 is 0 Å². The highest BCUT2D eigenvalue weighted by Gasteiger charge is 2.28. The van der Waals surface area contributed by atoms with E-state index in [0.29, 0.717) is 5.56 Å². The third-order valence-corrected chi connectivity index (χ3v) is 2.40. The molecule has 14 heavy (non-hydrogen) atoms. The van der Waals surface area contributed by atoms with Gasteiger partial charge in [-0.1, -0.05) is 37.3 Å². The fraction of sp³-hybridized carbons (Fsp3) is 0.250. The lowest BCUT2D eigenvalue weighted by molar-refractivity contribution is 0.0691. The highest BCUT2D eigenvalue weighted by molar-refractivity contribution is 6.00. The van der Waals surface area contributed by atoms with Crippen molar-refractivity contribution >= 4 is 5.78 Å². The van der Waals surface area contributed by atoms with Gasteiger partial charge in [-0.15, -0.1) is 0 Å². The van der Waals surface area contributed by atoms with Gasteiger partial charge in [0.25, 0.3) is 0 Å². The number of carbonyl (C=O) groups excluding carboxylic acids is 1. The minimum Gasteiger partial charge on any atom is -0.490 e. The standard InChI is InChI=1S/C12H12O2/c1-9-7-8-14-12(9)11(13)10-5-3-2-4-6-10/h2-9,12H,1H3. The first-order valence-electron chi connectivity index (χ1n) is 4.70. The molecule has 2 heteroatoms. The SMILES string of the molecule is CC1C=COC1C(=O)c1ccccc1. The molecular formula is C12H12O2. The zero-order valence-corrected chi connectivity index (χ0v) is 8.01. The number of Topliss-reactive ketones (excluding diaryl/α,β-unsaturated/α-hetero) is 1. The predicted octanol–water partition coefficient (Wildman–Crippen LogP) is 2.42. The molecule has 1 aromatic carbocycles. The lowest BCUT2D eigenvalue weighted by atomic mass is 9.98. The molecule has 1 aliphatic heterocycles. The van der Waals surface area contributed by atoms with E-state index in [0.717, 1.165) is 0 Å². The van der Waals surface area contributed by atoms with Crippen LogP contribution in [0.4, 0.5) is 0 Å². The molecule has 0 aromatic heterocycles. The van der Waals surface area contributed by atoms with Gasteiger partial charge in [-0.25, -0.2) is 0 Å². The molecule has 2 nitrogen and oxygen atoms in total. The molecule has 0 bridgehead atoms. The molecule has 0 N–H and O–H groups in total. The summed E-state index contributed by atoms with van der Waals surface area (Å²) in [6, 6.07) is 9.25. The van der Waals surface area contributed by atoms with E-state index in [1.54, 1.807) is 6.26 Å². The molecule has 0 spiro atoms. The first-order chi connectivity index (χ1) is 6.79. The number of rotatable bonds is 2. The molecule has 1 heterocycles. The highest BCUT2D eigenvalue weighted by atomic mass is 16.5. The Morgan fingerprint density at radius 3 is 2.57 bits per heavy atom. The van der Waals surface area contributed by atoms with Crippen molar-refractivity contribution in [1.29, 1.82) is 0 Å². The van der Waals surface area contributed by atoms with Crippen LogP contribution in [0.2, 0.25) is 0 Å². The van der Waals surface area contributed by atoms with Gasteiger partial charge in [0.1, 0.15) is 0 Å². The van der Waals surface area contributed by atoms with E-state index in [9.17, 15) is 4.79 Å². The van der Waals surface area contributed by atoms with Crippen molar-refractivity contribution in [3.63, 3.8) is 0 Å². The van der Waals surface area contributed by atoms with E-state index in [1.165, 1.54) is 0 Å². The average Bonchev–Trinajstić information content (AvgIpc) is 2.65. The Kier molecular flexibility index (Phi) is 2.35. The predicted molar refractivity (Wildman–Crippen MR) is 53.9 cm³/mol. The van der Waals surface area contributed by atoms with Gasteiger partial charge >= 0.3 is 0 Å². The second-order valence-corrected chi connectivity index (χ2v) is 3.47. The molecule has 0 fully saturated rings. The van der Waals surface area contributed by atoms with E-state index in [1.807, 2.05) is 43.3 Å². The van der Waals surface area contributed by atoms with E-state index in [4.69, 9.17) is 4.74 Å². The topological polar surface area (TPSA) is 26.3 Å². The van der Waals surface area contributed by atoms with Crippen molar-refractivity contribution < 1.29 is 9.53 Å². The molecule has 0 saturated carbocycles. The molecule has 0 aliphatic carbocycles. The molecule has 0 saturated heterocycles. The van der Waals surface area contributed by atoms with Crippen molar-refractivity contribution in [2.24, 2.45) is 5.92 Å². The Balaban J connectivity index is 2.17. The van der Waals surface area contributed by atoms with Crippen LogP contribution in [0.25, 0.3) is 0 Å². The summed E-state index contributed by atoms with van der Waals surface area (Å²) < 4.78 is 5.25. The fourth-order valence-corrected chi connectivity index (χ4v) is 1.55. The Morgan fingerprint density at radius 1 is 1.29 bits per heavy atom. The second kappa shape index (κ2) is 3.66. The van der Waals surface area contributed by atoms with Gasteiger partial charge in [-0.2, -0.15) is 0 Å². The number of benzene rings is 1. The van der Waals surface area contributed by atoms with Crippen LogP contribution in [0, 0.1) is 5.92 Å². The molecule has 0 radical (unpaired) electrons. The van der Waals surface area contributed by atoms with Crippen LogP contribution in [0.3, 0.4) is 0 Å². The van der Waals surface area contributed by atoms with Gasteiger partial charge in [0.2, 0.25) is 5.78 Å². The average molecular weight is 188 g/mol. The maximum atomic E-state index is 11.9. The summed E-state index contributed by atoms with van der Waals surface area (Å²) in [6.07, 6.45) is 3.18. The Hall–Kier alpha value is -1.57. The Morgan fingerprint density at radius 2 is 2.00 bits per heavy atom. The molecular weight excluding hydrogens is 176 g/mol. The van der Waals surface area contributed by atoms with Gasteiger partial charge in [0.15, 0.2) is 6.10 Å². The van der Waals surface area contributed by atoms with Crippen molar-refractivity contribution in [1.82, 2.24) is 0 Å². The molecule has 2 unspecified atom stereocenters. The summed E-state index contributed by atoms with van der Waals surface area (Å²) in [4.78, 5) is 11.9. The minimum absolute atomic E-state index is 0.0584. The molecule has 2 rings (SSSR count). The van der Waals surface area contributed by atoms with E-state index in [2.05, 4.69) is 0 Å². The van der Waals surface area contributed by atoms with Gasteiger partial charge < -0.3 is 4.74 Å². The van der Waals surface area contributed by atoms with Crippen LogP contribution in [0.5, 0.6) is 0 Å². The van der Waals surface area contributed by atoms with Gasteiger partial charge in [0.05, 0.1) is 6.26 Å². The first-order valence-corrected chi connectivity index (χ1v) is 4.70. The largest absolute Gasteiger partial charge is 0.490 e. The molecule has 1 aliphatic rings. The number of hydrogen-bond acceptors (Lipinski definition) is 2. The van der Waals surface area contributed by atoms with Crippen LogP contribution in [0.1, 0.15) is 17.3 Å². The summed E-state index contributed by atoms with van der Waals surface area (Å²) in [5, 5.41) is 0. The van der Waals surface area contributed by atoms with Crippen molar-refractivity contribution in [2.75, 3.05) is 0 Å². The number of ether oxygens (including phenoxy) is 1. The van der Waals surface area contributed by atoms with Crippen molar-refractivity contribution in [3.05, 3.63) is 48.2 Å². The third kappa shape index (κ3) is 1.55.